The molecule has 2 amide bonds. The molecule has 1 saturated heterocycles. The van der Waals surface area contributed by atoms with E-state index in [9.17, 15) is 14.7 Å². The van der Waals surface area contributed by atoms with Crippen LogP contribution in [0.25, 0.3) is 0 Å². The Morgan fingerprint density at radius 3 is 2.61 bits per heavy atom. The number of carbonyl (C=O) groups excluding carboxylic acids is 1. The van der Waals surface area contributed by atoms with Crippen LogP contribution in [0, 0.1) is 0 Å². The van der Waals surface area contributed by atoms with E-state index in [0.717, 1.165) is 18.5 Å². The van der Waals surface area contributed by atoms with Gasteiger partial charge in [0, 0.05) is 25.7 Å². The lowest BCUT2D eigenvalue weighted by molar-refractivity contribution is -0.130. The molecule has 1 aromatic rings. The lowest BCUT2D eigenvalue weighted by atomic mass is 9.82. The van der Waals surface area contributed by atoms with E-state index in [1.165, 1.54) is 11.6 Å². The molecule has 3 unspecified atom stereocenters. The predicted octanol–water partition coefficient (Wildman–Crippen LogP) is 2.60. The molecular formula is C23H31N3O5. The molecule has 1 aromatic carbocycles. The lowest BCUT2D eigenvalue weighted by Crippen LogP contribution is -2.63. The van der Waals surface area contributed by atoms with Crippen molar-refractivity contribution in [2.45, 2.75) is 37.4 Å². The third kappa shape index (κ3) is 4.69. The fraction of sp³-hybridized carbons (Fsp3) is 0.478. The molecule has 168 valence electrons. The van der Waals surface area contributed by atoms with Crippen LogP contribution in [0.1, 0.15) is 30.0 Å². The summed E-state index contributed by atoms with van der Waals surface area (Å²) in [6, 6.07) is 3.32. The molecule has 8 heteroatoms. The van der Waals surface area contributed by atoms with Crippen molar-refractivity contribution in [1.29, 1.82) is 0 Å². The van der Waals surface area contributed by atoms with Gasteiger partial charge >= 0.3 is 6.09 Å². The van der Waals surface area contributed by atoms with Gasteiger partial charge in [0.05, 0.1) is 26.3 Å². The molecule has 0 bridgehead atoms. The van der Waals surface area contributed by atoms with Crippen molar-refractivity contribution < 1.29 is 24.2 Å². The second-order valence-electron chi connectivity index (χ2n) is 7.84. The number of hydrogen-bond donors (Lipinski definition) is 2. The lowest BCUT2D eigenvalue weighted by Gasteiger charge is -2.50. The highest BCUT2D eigenvalue weighted by Gasteiger charge is 2.43. The van der Waals surface area contributed by atoms with Crippen molar-refractivity contribution in [2.24, 2.45) is 0 Å². The molecule has 2 aliphatic heterocycles. The van der Waals surface area contributed by atoms with Crippen LogP contribution in [0.3, 0.4) is 0 Å². The van der Waals surface area contributed by atoms with Gasteiger partial charge in [-0.3, -0.25) is 9.69 Å². The SMILES string of the molecule is C=CCCN(C(=O)C=C)C1CN2CCc3cc(OC)c(OC)cc3C2CC1NC(=O)O. The molecule has 0 aromatic heterocycles. The summed E-state index contributed by atoms with van der Waals surface area (Å²) in [7, 11) is 3.22. The Morgan fingerprint density at radius 2 is 2.00 bits per heavy atom. The first kappa shape index (κ1) is 22.7. The Kier molecular flexibility index (Phi) is 7.22. The highest BCUT2D eigenvalue weighted by Crippen LogP contribution is 2.42. The second-order valence-corrected chi connectivity index (χ2v) is 7.84. The highest BCUT2D eigenvalue weighted by molar-refractivity contribution is 5.87. The minimum Gasteiger partial charge on any atom is -0.493 e. The molecule has 2 aliphatic rings. The van der Waals surface area contributed by atoms with Crippen LogP contribution in [-0.4, -0.2) is 72.8 Å². The number of nitrogens with one attached hydrogen (secondary N) is 1. The van der Waals surface area contributed by atoms with Crippen molar-refractivity contribution in [3.05, 3.63) is 48.6 Å². The first-order valence-electron chi connectivity index (χ1n) is 10.5. The van der Waals surface area contributed by atoms with Crippen molar-refractivity contribution in [1.82, 2.24) is 15.1 Å². The van der Waals surface area contributed by atoms with Gasteiger partial charge in [-0.25, -0.2) is 4.79 Å². The molecule has 3 atom stereocenters. The van der Waals surface area contributed by atoms with E-state index >= 15 is 0 Å². The first-order valence-corrected chi connectivity index (χ1v) is 10.5. The van der Waals surface area contributed by atoms with Gasteiger partial charge in [0.2, 0.25) is 5.91 Å². The Balaban J connectivity index is 1.95. The Morgan fingerprint density at radius 1 is 1.29 bits per heavy atom. The molecule has 0 radical (unpaired) electrons. The number of carbonyl (C=O) groups is 2. The topological polar surface area (TPSA) is 91.3 Å². The fourth-order valence-electron chi connectivity index (χ4n) is 4.76. The van der Waals surface area contributed by atoms with E-state index in [1.54, 1.807) is 25.2 Å². The number of rotatable bonds is 8. The largest absolute Gasteiger partial charge is 0.493 e. The molecule has 2 N–H and O–H groups in total. The summed E-state index contributed by atoms with van der Waals surface area (Å²) in [5.41, 5.74) is 2.30. The Bertz CT molecular complexity index is 856. The van der Waals surface area contributed by atoms with Gasteiger partial charge in [0.15, 0.2) is 11.5 Å². The van der Waals surface area contributed by atoms with E-state index in [-0.39, 0.29) is 18.0 Å². The monoisotopic (exact) mass is 429 g/mol. The van der Waals surface area contributed by atoms with Crippen LogP contribution in [-0.2, 0) is 11.2 Å². The molecule has 31 heavy (non-hydrogen) atoms. The summed E-state index contributed by atoms with van der Waals surface area (Å²) in [4.78, 5) is 28.2. The van der Waals surface area contributed by atoms with Gasteiger partial charge in [-0.15, -0.1) is 6.58 Å². The van der Waals surface area contributed by atoms with Gasteiger partial charge < -0.3 is 24.8 Å². The van der Waals surface area contributed by atoms with E-state index in [0.29, 0.717) is 37.4 Å². The fourth-order valence-corrected chi connectivity index (χ4v) is 4.76. The molecular weight excluding hydrogens is 398 g/mol. The number of fused-ring (bicyclic) bond motifs is 3. The maximum Gasteiger partial charge on any atom is 0.404 e. The van der Waals surface area contributed by atoms with Gasteiger partial charge in [0.25, 0.3) is 0 Å². The summed E-state index contributed by atoms with van der Waals surface area (Å²) in [6.07, 6.45) is 3.97. The standard InChI is InChI=1S/C23H31N3O5/c1-5-7-9-26(22(27)6-2)19-14-25-10-8-15-11-20(30-3)21(31-4)12-16(15)18(25)13-17(19)24-23(28)29/h5-6,11-12,17-19,24H,1-2,7-10,13-14H2,3-4H3,(H,28,29). The molecule has 0 aliphatic carbocycles. The third-order valence-corrected chi connectivity index (χ3v) is 6.22. The zero-order valence-corrected chi connectivity index (χ0v) is 18.2. The zero-order valence-electron chi connectivity index (χ0n) is 18.2. The first-order chi connectivity index (χ1) is 14.9. The minimum absolute atomic E-state index is 0.0248. The molecule has 8 nitrogen and oxygen atoms in total. The number of carboxylic acid groups (broad SMARTS) is 1. The number of hydrogen-bond acceptors (Lipinski definition) is 5. The van der Waals surface area contributed by atoms with Crippen molar-refractivity contribution in [3.8, 4) is 11.5 Å². The van der Waals surface area contributed by atoms with Crippen molar-refractivity contribution in [3.63, 3.8) is 0 Å². The quantitative estimate of drug-likeness (QED) is 0.488. The summed E-state index contributed by atoms with van der Waals surface area (Å²) < 4.78 is 10.9. The Hall–Kier alpha value is -3.00. The van der Waals surface area contributed by atoms with Crippen LogP contribution >= 0.6 is 0 Å². The van der Waals surface area contributed by atoms with Gasteiger partial charge in [-0.1, -0.05) is 12.7 Å². The van der Waals surface area contributed by atoms with E-state index in [4.69, 9.17) is 9.47 Å². The highest BCUT2D eigenvalue weighted by atomic mass is 16.5. The molecule has 0 spiro atoms. The van der Waals surface area contributed by atoms with Gasteiger partial charge in [-0.05, 0) is 48.6 Å². The average Bonchev–Trinajstić information content (AvgIpc) is 2.77. The Labute approximate surface area is 183 Å². The number of benzene rings is 1. The van der Waals surface area contributed by atoms with E-state index in [1.807, 2.05) is 12.1 Å². The summed E-state index contributed by atoms with van der Waals surface area (Å²) >= 11 is 0. The zero-order chi connectivity index (χ0) is 22.5. The van der Waals surface area contributed by atoms with Crippen LogP contribution < -0.4 is 14.8 Å². The maximum atomic E-state index is 12.6. The number of methoxy groups -OCH3 is 2. The number of ether oxygens (including phenoxy) is 2. The smallest absolute Gasteiger partial charge is 0.404 e. The van der Waals surface area contributed by atoms with Gasteiger partial charge in [-0.2, -0.15) is 0 Å². The summed E-state index contributed by atoms with van der Waals surface area (Å²) in [6.45, 7) is 9.23. The van der Waals surface area contributed by atoms with Crippen LogP contribution in [0.5, 0.6) is 11.5 Å². The molecule has 0 saturated carbocycles. The third-order valence-electron chi connectivity index (χ3n) is 6.22. The molecule has 2 heterocycles. The summed E-state index contributed by atoms with van der Waals surface area (Å²) in [5.74, 6) is 1.14. The van der Waals surface area contributed by atoms with Crippen LogP contribution in [0.2, 0.25) is 0 Å². The molecule has 1 fully saturated rings. The van der Waals surface area contributed by atoms with Gasteiger partial charge in [0.1, 0.15) is 0 Å². The average molecular weight is 430 g/mol. The number of piperidine rings is 1. The minimum atomic E-state index is -1.10. The normalized spacial score (nSPS) is 22.5. The van der Waals surface area contributed by atoms with Crippen molar-refractivity contribution in [2.75, 3.05) is 33.9 Å². The number of nitrogens with zero attached hydrogens (tertiary/aromatic N) is 2. The number of amides is 2. The second kappa shape index (κ2) is 9.87. The van der Waals surface area contributed by atoms with E-state index < -0.39 is 12.1 Å². The van der Waals surface area contributed by atoms with Crippen molar-refractivity contribution >= 4 is 12.0 Å². The molecule has 3 rings (SSSR count). The maximum absolute atomic E-state index is 12.6. The van der Waals surface area contributed by atoms with E-state index in [2.05, 4.69) is 23.4 Å². The predicted molar refractivity (Wildman–Crippen MR) is 118 cm³/mol. The summed E-state index contributed by atoms with van der Waals surface area (Å²) in [5, 5.41) is 12.1. The van der Waals surface area contributed by atoms with Crippen LogP contribution in [0.4, 0.5) is 4.79 Å². The van der Waals surface area contributed by atoms with Crippen LogP contribution in [0.15, 0.2) is 37.4 Å².